The van der Waals surface area contributed by atoms with E-state index in [1.807, 2.05) is 12.1 Å². The minimum absolute atomic E-state index is 0.683. The topological polar surface area (TPSA) is 52.0 Å². The molecule has 1 aromatic carbocycles. The highest BCUT2D eigenvalue weighted by Crippen LogP contribution is 2.17. The third kappa shape index (κ3) is 3.29. The first kappa shape index (κ1) is 10.9. The third-order valence-electron chi connectivity index (χ3n) is 2.47. The van der Waals surface area contributed by atoms with Crippen molar-refractivity contribution in [3.05, 3.63) is 23.8 Å². The molecule has 0 spiro atoms. The molecule has 0 bridgehead atoms. The monoisotopic (exact) mass is 192 g/mol. The molecule has 0 aliphatic heterocycles. The summed E-state index contributed by atoms with van der Waals surface area (Å²) in [5.74, 6) is 0. The molecule has 0 heterocycles. The van der Waals surface area contributed by atoms with Crippen molar-refractivity contribution in [1.29, 1.82) is 0 Å². The smallest absolute Gasteiger partial charge is 0.0550 e. The van der Waals surface area contributed by atoms with E-state index < -0.39 is 0 Å². The van der Waals surface area contributed by atoms with Crippen molar-refractivity contribution in [2.45, 2.75) is 39.0 Å². The fourth-order valence-electron chi connectivity index (χ4n) is 1.54. The molecule has 1 rings (SSSR count). The van der Waals surface area contributed by atoms with Gasteiger partial charge in [0, 0.05) is 0 Å². The minimum atomic E-state index is 0.683. The van der Waals surface area contributed by atoms with Gasteiger partial charge >= 0.3 is 0 Å². The molecule has 0 fully saturated rings. The Morgan fingerprint density at radius 2 is 1.79 bits per heavy atom. The van der Waals surface area contributed by atoms with Crippen molar-refractivity contribution in [1.82, 2.24) is 0 Å². The van der Waals surface area contributed by atoms with Crippen LogP contribution in [0, 0.1) is 0 Å². The van der Waals surface area contributed by atoms with Crippen LogP contribution in [0.5, 0.6) is 0 Å². The molecule has 0 aromatic heterocycles. The first-order valence-corrected chi connectivity index (χ1v) is 5.38. The number of hydrogen-bond acceptors (Lipinski definition) is 2. The van der Waals surface area contributed by atoms with Gasteiger partial charge in [0.1, 0.15) is 0 Å². The van der Waals surface area contributed by atoms with E-state index in [-0.39, 0.29) is 0 Å². The van der Waals surface area contributed by atoms with Crippen LogP contribution in [0.3, 0.4) is 0 Å². The number of rotatable bonds is 5. The lowest BCUT2D eigenvalue weighted by atomic mass is 10.1. The van der Waals surface area contributed by atoms with Gasteiger partial charge in [-0.05, 0) is 30.5 Å². The van der Waals surface area contributed by atoms with Gasteiger partial charge in [-0.15, -0.1) is 0 Å². The predicted molar refractivity (Wildman–Crippen MR) is 63.1 cm³/mol. The highest BCUT2D eigenvalue weighted by Gasteiger charge is 1.97. The maximum atomic E-state index is 5.73. The van der Waals surface area contributed by atoms with Crippen molar-refractivity contribution >= 4 is 11.4 Å². The molecule has 2 heteroatoms. The SMILES string of the molecule is CCCCCCc1ccc(N)c(N)c1. The van der Waals surface area contributed by atoms with Gasteiger partial charge in [0.2, 0.25) is 0 Å². The van der Waals surface area contributed by atoms with Gasteiger partial charge in [0.05, 0.1) is 11.4 Å². The number of benzene rings is 1. The summed E-state index contributed by atoms with van der Waals surface area (Å²) in [6.45, 7) is 2.22. The zero-order valence-electron chi connectivity index (χ0n) is 8.92. The van der Waals surface area contributed by atoms with Gasteiger partial charge in [-0.2, -0.15) is 0 Å². The van der Waals surface area contributed by atoms with Crippen molar-refractivity contribution in [3.8, 4) is 0 Å². The zero-order valence-corrected chi connectivity index (χ0v) is 8.92. The second kappa shape index (κ2) is 5.53. The largest absolute Gasteiger partial charge is 0.397 e. The van der Waals surface area contributed by atoms with E-state index in [9.17, 15) is 0 Å². The molecule has 4 N–H and O–H groups in total. The number of anilines is 2. The maximum Gasteiger partial charge on any atom is 0.0550 e. The fourth-order valence-corrected chi connectivity index (χ4v) is 1.54. The van der Waals surface area contributed by atoms with Crippen LogP contribution < -0.4 is 11.5 Å². The van der Waals surface area contributed by atoms with Gasteiger partial charge in [-0.25, -0.2) is 0 Å². The Morgan fingerprint density at radius 1 is 1.00 bits per heavy atom. The van der Waals surface area contributed by atoms with Crippen LogP contribution in [-0.4, -0.2) is 0 Å². The molecule has 0 saturated carbocycles. The number of nitrogens with two attached hydrogens (primary N) is 2. The molecule has 0 radical (unpaired) electrons. The van der Waals surface area contributed by atoms with Crippen molar-refractivity contribution in [3.63, 3.8) is 0 Å². The minimum Gasteiger partial charge on any atom is -0.397 e. The standard InChI is InChI=1S/C12H20N2/c1-2-3-4-5-6-10-7-8-11(13)12(14)9-10/h7-9H,2-6,13-14H2,1H3. The molecule has 0 atom stereocenters. The van der Waals surface area contributed by atoms with Crippen molar-refractivity contribution in [2.75, 3.05) is 11.5 Å². The molecule has 14 heavy (non-hydrogen) atoms. The Labute approximate surface area is 86.3 Å². The van der Waals surface area contributed by atoms with Crippen LogP contribution >= 0.6 is 0 Å². The molecule has 0 aliphatic rings. The number of aryl methyl sites for hydroxylation is 1. The van der Waals surface area contributed by atoms with Crippen LogP contribution in [0.2, 0.25) is 0 Å². The Bertz CT molecular complexity index is 282. The lowest BCUT2D eigenvalue weighted by Crippen LogP contribution is -1.96. The molecule has 78 valence electrons. The van der Waals surface area contributed by atoms with Gasteiger partial charge in [0.25, 0.3) is 0 Å². The van der Waals surface area contributed by atoms with Crippen LogP contribution in [0.4, 0.5) is 11.4 Å². The van der Waals surface area contributed by atoms with Gasteiger partial charge in [0.15, 0.2) is 0 Å². The summed E-state index contributed by atoms with van der Waals surface area (Å²) in [4.78, 5) is 0. The Hall–Kier alpha value is -1.18. The first-order valence-electron chi connectivity index (χ1n) is 5.38. The molecule has 0 saturated heterocycles. The molecular formula is C12H20N2. The zero-order chi connectivity index (χ0) is 10.4. The van der Waals surface area contributed by atoms with Gasteiger partial charge in [-0.1, -0.05) is 32.3 Å². The molecule has 0 aliphatic carbocycles. The van der Waals surface area contributed by atoms with Crippen molar-refractivity contribution in [2.24, 2.45) is 0 Å². The van der Waals surface area contributed by atoms with E-state index in [0.717, 1.165) is 6.42 Å². The second-order valence-electron chi connectivity index (χ2n) is 3.77. The normalized spacial score (nSPS) is 10.4. The Balaban J connectivity index is 2.39. The lowest BCUT2D eigenvalue weighted by Gasteiger charge is -2.04. The molecular weight excluding hydrogens is 172 g/mol. The third-order valence-corrected chi connectivity index (χ3v) is 2.47. The Morgan fingerprint density at radius 3 is 2.43 bits per heavy atom. The maximum absolute atomic E-state index is 5.73. The van der Waals surface area contributed by atoms with E-state index in [1.165, 1.54) is 31.2 Å². The average Bonchev–Trinajstić information content (AvgIpc) is 2.18. The number of hydrogen-bond donors (Lipinski definition) is 2. The molecule has 0 amide bonds. The van der Waals surface area contributed by atoms with Crippen LogP contribution in [-0.2, 0) is 6.42 Å². The molecule has 2 nitrogen and oxygen atoms in total. The lowest BCUT2D eigenvalue weighted by molar-refractivity contribution is 0.667. The summed E-state index contributed by atoms with van der Waals surface area (Å²) < 4.78 is 0. The summed E-state index contributed by atoms with van der Waals surface area (Å²) in [5, 5.41) is 0. The summed E-state index contributed by atoms with van der Waals surface area (Å²) in [5.41, 5.74) is 14.1. The van der Waals surface area contributed by atoms with E-state index in [2.05, 4.69) is 13.0 Å². The quantitative estimate of drug-likeness (QED) is 0.556. The average molecular weight is 192 g/mol. The van der Waals surface area contributed by atoms with E-state index in [0.29, 0.717) is 11.4 Å². The molecule has 0 unspecified atom stereocenters. The van der Waals surface area contributed by atoms with E-state index >= 15 is 0 Å². The van der Waals surface area contributed by atoms with E-state index in [4.69, 9.17) is 11.5 Å². The molecule has 1 aromatic rings. The predicted octanol–water partition coefficient (Wildman–Crippen LogP) is 2.97. The number of nitrogen functional groups attached to an aromatic ring is 2. The van der Waals surface area contributed by atoms with Crippen LogP contribution in [0.1, 0.15) is 38.2 Å². The second-order valence-corrected chi connectivity index (χ2v) is 3.77. The summed E-state index contributed by atoms with van der Waals surface area (Å²) in [7, 11) is 0. The number of unbranched alkanes of at least 4 members (excludes halogenated alkanes) is 3. The van der Waals surface area contributed by atoms with E-state index in [1.54, 1.807) is 0 Å². The summed E-state index contributed by atoms with van der Waals surface area (Å²) in [6, 6.07) is 5.95. The van der Waals surface area contributed by atoms with Gasteiger partial charge < -0.3 is 11.5 Å². The van der Waals surface area contributed by atoms with Crippen molar-refractivity contribution < 1.29 is 0 Å². The summed E-state index contributed by atoms with van der Waals surface area (Å²) >= 11 is 0. The highest BCUT2D eigenvalue weighted by molar-refractivity contribution is 5.63. The summed E-state index contributed by atoms with van der Waals surface area (Å²) in [6.07, 6.45) is 6.27. The Kier molecular flexibility index (Phi) is 4.30. The van der Waals surface area contributed by atoms with Crippen LogP contribution in [0.15, 0.2) is 18.2 Å². The van der Waals surface area contributed by atoms with Gasteiger partial charge in [-0.3, -0.25) is 0 Å². The van der Waals surface area contributed by atoms with Crippen LogP contribution in [0.25, 0.3) is 0 Å². The fraction of sp³-hybridized carbons (Fsp3) is 0.500. The first-order chi connectivity index (χ1) is 6.74. The highest BCUT2D eigenvalue weighted by atomic mass is 14.7.